The normalized spacial score (nSPS) is 30.7. The number of nitrogens with two attached hydrogens (primary N) is 2. The summed E-state index contributed by atoms with van der Waals surface area (Å²) in [5.74, 6) is 5.69. The van der Waals surface area contributed by atoms with Crippen molar-refractivity contribution in [3.63, 3.8) is 0 Å². The zero-order valence-corrected chi connectivity index (χ0v) is 12.0. The lowest BCUT2D eigenvalue weighted by atomic mass is 9.79. The second-order valence-corrected chi connectivity index (χ2v) is 6.00. The summed E-state index contributed by atoms with van der Waals surface area (Å²) < 4.78 is 25.0. The van der Waals surface area contributed by atoms with Crippen LogP contribution in [0.5, 0.6) is 0 Å². The zero-order chi connectivity index (χ0) is 14.9. The SMILES string of the molecule is NNC(c1cc(F)ccc1N)C1CCOC2(CCOC2)C1. The van der Waals surface area contributed by atoms with Crippen LogP contribution in [0, 0.1) is 11.7 Å². The first-order valence-electron chi connectivity index (χ1n) is 7.36. The third-order valence-corrected chi connectivity index (χ3v) is 4.63. The quantitative estimate of drug-likeness (QED) is 0.447. The molecular formula is C15H22FN3O2. The second kappa shape index (κ2) is 5.88. The largest absolute Gasteiger partial charge is 0.398 e. The van der Waals surface area contributed by atoms with E-state index in [2.05, 4.69) is 5.43 Å². The van der Waals surface area contributed by atoms with Crippen molar-refractivity contribution in [2.24, 2.45) is 11.8 Å². The molecule has 116 valence electrons. The van der Waals surface area contributed by atoms with Crippen LogP contribution < -0.4 is 17.0 Å². The van der Waals surface area contributed by atoms with Crippen molar-refractivity contribution >= 4 is 5.69 Å². The van der Waals surface area contributed by atoms with Gasteiger partial charge in [0.05, 0.1) is 18.2 Å². The van der Waals surface area contributed by atoms with E-state index in [1.165, 1.54) is 12.1 Å². The predicted octanol–water partition coefficient (Wildman–Crippen LogP) is 1.50. The van der Waals surface area contributed by atoms with Gasteiger partial charge in [-0.15, -0.1) is 0 Å². The van der Waals surface area contributed by atoms with Gasteiger partial charge in [0.2, 0.25) is 0 Å². The van der Waals surface area contributed by atoms with Crippen LogP contribution in [0.15, 0.2) is 18.2 Å². The molecule has 3 unspecified atom stereocenters. The minimum atomic E-state index is -0.301. The van der Waals surface area contributed by atoms with Crippen LogP contribution in [0.1, 0.15) is 30.9 Å². The summed E-state index contributed by atoms with van der Waals surface area (Å²) in [5, 5.41) is 0. The van der Waals surface area contributed by atoms with Gasteiger partial charge in [-0.2, -0.15) is 0 Å². The van der Waals surface area contributed by atoms with E-state index in [1.807, 2.05) is 0 Å². The highest BCUT2D eigenvalue weighted by atomic mass is 19.1. The molecule has 2 fully saturated rings. The Bertz CT molecular complexity index is 506. The van der Waals surface area contributed by atoms with Crippen molar-refractivity contribution in [1.82, 2.24) is 5.43 Å². The second-order valence-electron chi connectivity index (χ2n) is 6.00. The number of nitrogens with one attached hydrogen (secondary N) is 1. The fraction of sp³-hybridized carbons (Fsp3) is 0.600. The highest BCUT2D eigenvalue weighted by Crippen LogP contribution is 2.41. The third kappa shape index (κ3) is 2.89. The van der Waals surface area contributed by atoms with Crippen LogP contribution in [0.25, 0.3) is 0 Å². The molecule has 0 aromatic heterocycles. The maximum atomic E-state index is 13.5. The van der Waals surface area contributed by atoms with Gasteiger partial charge >= 0.3 is 0 Å². The molecule has 1 aromatic carbocycles. The molecule has 0 aliphatic carbocycles. The Morgan fingerprint density at radius 1 is 1.38 bits per heavy atom. The average molecular weight is 295 g/mol. The summed E-state index contributed by atoms with van der Waals surface area (Å²) in [4.78, 5) is 0. The Kier molecular flexibility index (Phi) is 4.12. The van der Waals surface area contributed by atoms with Crippen molar-refractivity contribution in [2.75, 3.05) is 25.6 Å². The van der Waals surface area contributed by atoms with Crippen LogP contribution in [0.3, 0.4) is 0 Å². The molecule has 21 heavy (non-hydrogen) atoms. The van der Waals surface area contributed by atoms with Crippen molar-refractivity contribution in [2.45, 2.75) is 30.9 Å². The Hall–Kier alpha value is -1.21. The fourth-order valence-electron chi connectivity index (χ4n) is 3.51. The highest BCUT2D eigenvalue weighted by Gasteiger charge is 2.43. The smallest absolute Gasteiger partial charge is 0.123 e. The standard InChI is InChI=1S/C15H22FN3O2/c16-11-1-2-13(17)12(7-11)14(19-18)10-3-5-21-15(8-10)4-6-20-9-15/h1-2,7,10,14,19H,3-6,8-9,17-18H2. The van der Waals surface area contributed by atoms with Crippen molar-refractivity contribution in [3.05, 3.63) is 29.6 Å². The number of anilines is 1. The molecule has 5 nitrogen and oxygen atoms in total. The van der Waals surface area contributed by atoms with Gasteiger partial charge in [0.25, 0.3) is 0 Å². The minimum Gasteiger partial charge on any atom is -0.398 e. The Balaban J connectivity index is 1.84. The fourth-order valence-corrected chi connectivity index (χ4v) is 3.51. The minimum absolute atomic E-state index is 0.179. The van der Waals surface area contributed by atoms with Crippen molar-refractivity contribution in [3.8, 4) is 0 Å². The predicted molar refractivity (Wildman–Crippen MR) is 77.7 cm³/mol. The molecule has 2 heterocycles. The topological polar surface area (TPSA) is 82.5 Å². The van der Waals surface area contributed by atoms with E-state index in [-0.39, 0.29) is 23.4 Å². The van der Waals surface area contributed by atoms with Crippen LogP contribution >= 0.6 is 0 Å². The molecule has 3 atom stereocenters. The molecule has 2 saturated heterocycles. The molecule has 2 aliphatic heterocycles. The van der Waals surface area contributed by atoms with E-state index in [0.29, 0.717) is 18.9 Å². The maximum absolute atomic E-state index is 13.5. The Labute approximate surface area is 123 Å². The summed E-state index contributed by atoms with van der Waals surface area (Å²) in [6.45, 7) is 2.02. The van der Waals surface area contributed by atoms with Crippen LogP contribution in [0.2, 0.25) is 0 Å². The van der Waals surface area contributed by atoms with E-state index in [9.17, 15) is 4.39 Å². The van der Waals surface area contributed by atoms with E-state index < -0.39 is 0 Å². The number of hydrazine groups is 1. The molecule has 0 bridgehead atoms. The van der Waals surface area contributed by atoms with Gasteiger partial charge in [-0.1, -0.05) is 0 Å². The van der Waals surface area contributed by atoms with E-state index >= 15 is 0 Å². The Morgan fingerprint density at radius 2 is 2.24 bits per heavy atom. The lowest BCUT2D eigenvalue weighted by Gasteiger charge is -2.40. The van der Waals surface area contributed by atoms with Gasteiger partial charge in [0.1, 0.15) is 5.82 Å². The Morgan fingerprint density at radius 3 is 2.95 bits per heavy atom. The molecule has 3 rings (SSSR count). The number of hydrogen-bond acceptors (Lipinski definition) is 5. The summed E-state index contributed by atoms with van der Waals surface area (Å²) in [6, 6.07) is 4.24. The molecule has 6 heteroatoms. The van der Waals surface area contributed by atoms with Gasteiger partial charge in [0, 0.05) is 25.3 Å². The number of halogens is 1. The highest BCUT2D eigenvalue weighted by molar-refractivity contribution is 5.48. The number of hydrogen-bond donors (Lipinski definition) is 3. The maximum Gasteiger partial charge on any atom is 0.123 e. The van der Waals surface area contributed by atoms with Gasteiger partial charge in [-0.25, -0.2) is 4.39 Å². The summed E-state index contributed by atoms with van der Waals surface area (Å²) in [6.07, 6.45) is 2.61. The van der Waals surface area contributed by atoms with E-state index in [4.69, 9.17) is 21.1 Å². The van der Waals surface area contributed by atoms with Crippen molar-refractivity contribution < 1.29 is 13.9 Å². The molecule has 1 spiro atoms. The molecule has 1 aromatic rings. The lowest BCUT2D eigenvalue weighted by Crippen LogP contribution is -2.45. The molecule has 0 saturated carbocycles. The van der Waals surface area contributed by atoms with Gasteiger partial charge in [-0.05, 0) is 42.5 Å². The van der Waals surface area contributed by atoms with Crippen LogP contribution in [0.4, 0.5) is 10.1 Å². The van der Waals surface area contributed by atoms with Gasteiger partial charge < -0.3 is 15.2 Å². The molecular weight excluding hydrogens is 273 g/mol. The monoisotopic (exact) mass is 295 g/mol. The zero-order valence-electron chi connectivity index (χ0n) is 12.0. The molecule has 2 aliphatic rings. The molecule has 0 radical (unpaired) electrons. The number of rotatable bonds is 3. The van der Waals surface area contributed by atoms with Crippen LogP contribution in [-0.2, 0) is 9.47 Å². The number of ether oxygens (including phenoxy) is 2. The lowest BCUT2D eigenvalue weighted by molar-refractivity contribution is -0.103. The summed E-state index contributed by atoms with van der Waals surface area (Å²) in [7, 11) is 0. The number of nitrogen functional groups attached to an aromatic ring is 1. The van der Waals surface area contributed by atoms with Gasteiger partial charge in [-0.3, -0.25) is 11.3 Å². The van der Waals surface area contributed by atoms with Crippen molar-refractivity contribution in [1.29, 1.82) is 0 Å². The van der Waals surface area contributed by atoms with Gasteiger partial charge in [0.15, 0.2) is 0 Å². The third-order valence-electron chi connectivity index (χ3n) is 4.63. The molecule has 0 amide bonds. The first-order valence-corrected chi connectivity index (χ1v) is 7.36. The first kappa shape index (κ1) is 14.7. The number of benzene rings is 1. The van der Waals surface area contributed by atoms with E-state index in [1.54, 1.807) is 6.07 Å². The van der Waals surface area contributed by atoms with E-state index in [0.717, 1.165) is 31.4 Å². The van der Waals surface area contributed by atoms with Crippen LogP contribution in [-0.4, -0.2) is 25.4 Å². The first-order chi connectivity index (χ1) is 10.1. The summed E-state index contributed by atoms with van der Waals surface area (Å²) in [5.41, 5.74) is 9.89. The average Bonchev–Trinajstić information content (AvgIpc) is 2.91. The summed E-state index contributed by atoms with van der Waals surface area (Å²) >= 11 is 0. The molecule has 5 N–H and O–H groups in total.